The van der Waals surface area contributed by atoms with E-state index in [1.165, 1.54) is 11.3 Å². The van der Waals surface area contributed by atoms with Crippen LogP contribution < -0.4 is 10.2 Å². The van der Waals surface area contributed by atoms with E-state index in [4.69, 9.17) is 0 Å². The molecular formula is C26H32N2O2. The average Bonchev–Trinajstić information content (AvgIpc) is 2.70. The summed E-state index contributed by atoms with van der Waals surface area (Å²) in [5, 5.41) is 3.52. The van der Waals surface area contributed by atoms with Crippen molar-refractivity contribution in [1.29, 1.82) is 0 Å². The Hall–Kier alpha value is -2.36. The summed E-state index contributed by atoms with van der Waals surface area (Å²) in [4.78, 5) is 28.5. The molecule has 1 aromatic carbocycles. The SMILES string of the molecule is C[C@H]1CC(C)(C)N(C)c2ccc(C3C4=C(CCCC4=O)NC4=C3C(=O)CCC4)cc21. The van der Waals surface area contributed by atoms with Gasteiger partial charge in [0.1, 0.15) is 0 Å². The van der Waals surface area contributed by atoms with Crippen molar-refractivity contribution in [1.82, 2.24) is 5.32 Å². The molecule has 0 aromatic heterocycles. The molecule has 4 nitrogen and oxygen atoms in total. The molecule has 0 saturated heterocycles. The Morgan fingerprint density at radius 3 is 2.17 bits per heavy atom. The summed E-state index contributed by atoms with van der Waals surface area (Å²) >= 11 is 0. The maximum atomic E-state index is 13.0. The summed E-state index contributed by atoms with van der Waals surface area (Å²) in [7, 11) is 2.17. The maximum Gasteiger partial charge on any atom is 0.161 e. The lowest BCUT2D eigenvalue weighted by Gasteiger charge is -2.46. The monoisotopic (exact) mass is 404 g/mol. The number of Topliss-reactive ketones (excluding diaryl/α,β-unsaturated/α-hetero) is 2. The Labute approximate surface area is 179 Å². The van der Waals surface area contributed by atoms with Crippen LogP contribution in [0.2, 0.25) is 0 Å². The first kappa shape index (κ1) is 19.6. The molecule has 0 radical (unpaired) electrons. The van der Waals surface area contributed by atoms with Gasteiger partial charge in [-0.2, -0.15) is 0 Å². The van der Waals surface area contributed by atoms with E-state index in [-0.39, 0.29) is 23.0 Å². The molecule has 0 bridgehead atoms. The molecule has 4 aliphatic rings. The standard InChI is InChI=1S/C26H32N2O2/c1-15-14-26(2,3)28(4)20-12-11-16(13-17(15)20)23-24-18(7-5-9-21(24)29)27-19-8-6-10-22(30)25(19)23/h11-13,15,23,27H,5-10,14H2,1-4H3/t15-/m0/s1. The van der Waals surface area contributed by atoms with Gasteiger partial charge in [-0.05, 0) is 69.1 Å². The minimum atomic E-state index is -0.199. The quantitative estimate of drug-likeness (QED) is 0.707. The van der Waals surface area contributed by atoms with Crippen LogP contribution in [0.15, 0.2) is 40.7 Å². The fraction of sp³-hybridized carbons (Fsp3) is 0.538. The van der Waals surface area contributed by atoms with E-state index in [1.807, 2.05) is 0 Å². The van der Waals surface area contributed by atoms with Gasteiger partial charge in [-0.25, -0.2) is 0 Å². The normalized spacial score (nSPS) is 26.3. The summed E-state index contributed by atoms with van der Waals surface area (Å²) in [6.07, 6.45) is 5.87. The van der Waals surface area contributed by atoms with E-state index in [2.05, 4.69) is 56.2 Å². The summed E-state index contributed by atoms with van der Waals surface area (Å²) < 4.78 is 0. The van der Waals surface area contributed by atoms with Gasteiger partial charge in [-0.1, -0.05) is 19.1 Å². The topological polar surface area (TPSA) is 49.4 Å². The number of fused-ring (bicyclic) bond motifs is 1. The van der Waals surface area contributed by atoms with Crippen molar-refractivity contribution >= 4 is 17.3 Å². The van der Waals surface area contributed by atoms with Crippen molar-refractivity contribution < 1.29 is 9.59 Å². The molecular weight excluding hydrogens is 372 g/mol. The van der Waals surface area contributed by atoms with Gasteiger partial charge < -0.3 is 10.2 Å². The van der Waals surface area contributed by atoms with Crippen molar-refractivity contribution in [2.24, 2.45) is 0 Å². The van der Waals surface area contributed by atoms with Crippen molar-refractivity contribution in [3.63, 3.8) is 0 Å². The second kappa shape index (κ2) is 6.83. The molecule has 30 heavy (non-hydrogen) atoms. The van der Waals surface area contributed by atoms with E-state index in [0.29, 0.717) is 18.8 Å². The number of dihydropyridines is 1. The molecule has 1 atom stereocenters. The zero-order valence-electron chi connectivity index (χ0n) is 18.6. The third kappa shape index (κ3) is 2.87. The van der Waals surface area contributed by atoms with Crippen LogP contribution in [0.4, 0.5) is 5.69 Å². The highest BCUT2D eigenvalue weighted by Gasteiger charge is 2.41. The molecule has 5 rings (SSSR count). The zero-order chi connectivity index (χ0) is 21.2. The third-order valence-corrected chi connectivity index (χ3v) is 7.78. The molecule has 1 aromatic rings. The smallest absolute Gasteiger partial charge is 0.161 e. The number of nitrogens with zero attached hydrogens (tertiary/aromatic N) is 1. The number of carbonyl (C=O) groups is 2. The highest BCUT2D eigenvalue weighted by molar-refractivity contribution is 6.06. The molecule has 158 valence electrons. The second-order valence-corrected chi connectivity index (χ2v) is 10.2. The van der Waals surface area contributed by atoms with Gasteiger partial charge in [0.15, 0.2) is 11.6 Å². The van der Waals surface area contributed by atoms with Crippen molar-refractivity contribution in [3.8, 4) is 0 Å². The minimum Gasteiger partial charge on any atom is -0.369 e. The predicted molar refractivity (Wildman–Crippen MR) is 120 cm³/mol. The van der Waals surface area contributed by atoms with E-state index in [0.717, 1.165) is 60.2 Å². The van der Waals surface area contributed by atoms with E-state index in [1.54, 1.807) is 0 Å². The highest BCUT2D eigenvalue weighted by Crippen LogP contribution is 2.48. The molecule has 0 unspecified atom stereocenters. The summed E-state index contributed by atoms with van der Waals surface area (Å²) in [5.74, 6) is 0.666. The molecule has 2 aliphatic carbocycles. The third-order valence-electron chi connectivity index (χ3n) is 7.78. The van der Waals surface area contributed by atoms with Crippen LogP contribution in [-0.4, -0.2) is 24.2 Å². The molecule has 0 spiro atoms. The summed E-state index contributed by atoms with van der Waals surface area (Å²) in [5.41, 5.74) is 7.67. The number of nitrogens with one attached hydrogen (secondary N) is 1. The van der Waals surface area contributed by atoms with E-state index in [9.17, 15) is 9.59 Å². The Kier molecular flexibility index (Phi) is 4.46. The van der Waals surface area contributed by atoms with Crippen molar-refractivity contribution in [2.45, 2.75) is 83.1 Å². The van der Waals surface area contributed by atoms with Gasteiger partial charge >= 0.3 is 0 Å². The lowest BCUT2D eigenvalue weighted by Crippen LogP contribution is -2.45. The Morgan fingerprint density at radius 2 is 1.57 bits per heavy atom. The number of carbonyl (C=O) groups excluding carboxylic acids is 2. The molecule has 1 N–H and O–H groups in total. The summed E-state index contributed by atoms with van der Waals surface area (Å²) in [6.45, 7) is 6.89. The van der Waals surface area contributed by atoms with Crippen molar-refractivity contribution in [3.05, 3.63) is 51.9 Å². The lowest BCUT2D eigenvalue weighted by atomic mass is 9.70. The number of ketones is 2. The molecule has 2 heterocycles. The van der Waals surface area contributed by atoms with Crippen LogP contribution in [0.1, 0.15) is 88.7 Å². The number of hydrogen-bond donors (Lipinski definition) is 1. The van der Waals surface area contributed by atoms with Crippen LogP contribution in [0.25, 0.3) is 0 Å². The molecule has 0 amide bonds. The zero-order valence-corrected chi connectivity index (χ0v) is 18.6. The van der Waals surface area contributed by atoms with E-state index >= 15 is 0 Å². The Bertz CT molecular complexity index is 972. The van der Waals surface area contributed by atoms with Gasteiger partial charge in [-0.15, -0.1) is 0 Å². The molecule has 4 heteroatoms. The fourth-order valence-corrected chi connectivity index (χ4v) is 6.09. The predicted octanol–water partition coefficient (Wildman–Crippen LogP) is 5.11. The number of rotatable bonds is 1. The van der Waals surface area contributed by atoms with Crippen LogP contribution in [0.5, 0.6) is 0 Å². The fourth-order valence-electron chi connectivity index (χ4n) is 6.09. The number of hydrogen-bond acceptors (Lipinski definition) is 4. The Balaban J connectivity index is 1.67. The van der Waals surface area contributed by atoms with Gasteiger partial charge in [0.05, 0.1) is 0 Å². The van der Waals surface area contributed by atoms with Gasteiger partial charge in [-0.3, -0.25) is 9.59 Å². The lowest BCUT2D eigenvalue weighted by molar-refractivity contribution is -0.116. The molecule has 2 aliphatic heterocycles. The molecule has 0 saturated carbocycles. The first-order valence-corrected chi connectivity index (χ1v) is 11.4. The van der Waals surface area contributed by atoms with Crippen LogP contribution in [0.3, 0.4) is 0 Å². The number of benzene rings is 1. The van der Waals surface area contributed by atoms with Crippen molar-refractivity contribution in [2.75, 3.05) is 11.9 Å². The van der Waals surface area contributed by atoms with Gasteiger partial charge in [0.25, 0.3) is 0 Å². The first-order valence-electron chi connectivity index (χ1n) is 11.4. The average molecular weight is 405 g/mol. The van der Waals surface area contributed by atoms with Gasteiger partial charge in [0.2, 0.25) is 0 Å². The Morgan fingerprint density at radius 1 is 0.967 bits per heavy atom. The number of allylic oxidation sites excluding steroid dienone is 4. The second-order valence-electron chi connectivity index (χ2n) is 10.2. The molecule has 0 fully saturated rings. The van der Waals surface area contributed by atoms with Crippen LogP contribution in [-0.2, 0) is 9.59 Å². The van der Waals surface area contributed by atoms with Crippen LogP contribution in [0, 0.1) is 0 Å². The first-order chi connectivity index (χ1) is 14.3. The largest absolute Gasteiger partial charge is 0.369 e. The summed E-state index contributed by atoms with van der Waals surface area (Å²) in [6, 6.07) is 6.67. The van der Waals surface area contributed by atoms with E-state index < -0.39 is 0 Å². The van der Waals surface area contributed by atoms with Gasteiger partial charge in [0, 0.05) is 59.6 Å². The maximum absolute atomic E-state index is 13.0. The van der Waals surface area contributed by atoms with Crippen LogP contribution >= 0.6 is 0 Å². The minimum absolute atomic E-state index is 0.118. The highest BCUT2D eigenvalue weighted by atomic mass is 16.1. The number of anilines is 1.